The van der Waals surface area contributed by atoms with Gasteiger partial charge in [-0.1, -0.05) is 34.6 Å². The highest BCUT2D eigenvalue weighted by atomic mass is 32.1. The van der Waals surface area contributed by atoms with Gasteiger partial charge in [0.15, 0.2) is 0 Å². The maximum absolute atomic E-state index is 10.9. The Morgan fingerprint density at radius 3 is 2.42 bits per heavy atom. The van der Waals surface area contributed by atoms with Crippen LogP contribution in [0.25, 0.3) is 0 Å². The van der Waals surface area contributed by atoms with Crippen LogP contribution in [0.4, 0.5) is 0 Å². The first-order chi connectivity index (χ1) is 8.68. The van der Waals surface area contributed by atoms with E-state index in [-0.39, 0.29) is 12.0 Å². The number of hydrogen-bond donors (Lipinski definition) is 1. The van der Waals surface area contributed by atoms with Crippen molar-refractivity contribution in [1.29, 1.82) is 0 Å². The Morgan fingerprint density at radius 2 is 2.00 bits per heavy atom. The normalized spacial score (nSPS) is 12.4. The van der Waals surface area contributed by atoms with E-state index in [0.717, 1.165) is 13.1 Å². The van der Waals surface area contributed by atoms with Gasteiger partial charge in [-0.3, -0.25) is 9.69 Å². The Balaban J connectivity index is 2.73. The molecule has 19 heavy (non-hydrogen) atoms. The van der Waals surface area contributed by atoms with Crippen molar-refractivity contribution < 1.29 is 9.90 Å². The molecule has 0 spiro atoms. The van der Waals surface area contributed by atoms with E-state index in [1.807, 2.05) is 4.90 Å². The van der Waals surface area contributed by atoms with Gasteiger partial charge in [0.1, 0.15) is 0 Å². The standard InChI is InChI=1S/C15H25NO2S/c1-11(2)8-16(10-14(17)18)9-12-6-7-13(19-12)15(3,4)5/h6-7,11H,8-10H2,1-5H3,(H,17,18). The van der Waals surface area contributed by atoms with Gasteiger partial charge in [-0.05, 0) is 23.5 Å². The Morgan fingerprint density at radius 1 is 1.37 bits per heavy atom. The first kappa shape index (κ1) is 16.2. The highest BCUT2D eigenvalue weighted by Gasteiger charge is 2.18. The van der Waals surface area contributed by atoms with Crippen molar-refractivity contribution >= 4 is 17.3 Å². The van der Waals surface area contributed by atoms with Gasteiger partial charge in [0.25, 0.3) is 0 Å². The van der Waals surface area contributed by atoms with Crippen LogP contribution in [0.2, 0.25) is 0 Å². The molecule has 0 aromatic carbocycles. The lowest BCUT2D eigenvalue weighted by Gasteiger charge is -2.21. The van der Waals surface area contributed by atoms with E-state index in [2.05, 4.69) is 46.8 Å². The average Bonchev–Trinajstić information content (AvgIpc) is 2.62. The fourth-order valence-corrected chi connectivity index (χ4v) is 3.09. The number of carboxylic acid groups (broad SMARTS) is 1. The third-order valence-electron chi connectivity index (χ3n) is 2.76. The Hall–Kier alpha value is -0.870. The fourth-order valence-electron chi connectivity index (χ4n) is 1.98. The number of hydrogen-bond acceptors (Lipinski definition) is 3. The molecule has 0 aliphatic carbocycles. The number of aliphatic carboxylic acids is 1. The number of rotatable bonds is 6. The number of carboxylic acids is 1. The van der Waals surface area contributed by atoms with E-state index < -0.39 is 5.97 Å². The SMILES string of the molecule is CC(C)CN(CC(=O)O)Cc1ccc(C(C)(C)C)s1. The molecular weight excluding hydrogens is 258 g/mol. The zero-order valence-electron chi connectivity index (χ0n) is 12.6. The van der Waals surface area contributed by atoms with Gasteiger partial charge in [-0.15, -0.1) is 11.3 Å². The van der Waals surface area contributed by atoms with Gasteiger partial charge >= 0.3 is 5.97 Å². The molecule has 1 aromatic heterocycles. The highest BCUT2D eigenvalue weighted by Crippen LogP contribution is 2.30. The molecule has 1 rings (SSSR count). The molecule has 108 valence electrons. The minimum absolute atomic E-state index is 0.112. The first-order valence-electron chi connectivity index (χ1n) is 6.72. The largest absolute Gasteiger partial charge is 0.480 e. The van der Waals surface area contributed by atoms with Gasteiger partial charge in [0.2, 0.25) is 0 Å². The van der Waals surface area contributed by atoms with Gasteiger partial charge in [0.05, 0.1) is 6.54 Å². The molecule has 0 radical (unpaired) electrons. The van der Waals surface area contributed by atoms with Crippen molar-refractivity contribution in [3.8, 4) is 0 Å². The van der Waals surface area contributed by atoms with E-state index in [0.29, 0.717) is 5.92 Å². The fraction of sp³-hybridized carbons (Fsp3) is 0.667. The lowest BCUT2D eigenvalue weighted by Crippen LogP contribution is -2.32. The van der Waals surface area contributed by atoms with Crippen molar-refractivity contribution in [2.24, 2.45) is 5.92 Å². The molecule has 0 bridgehead atoms. The average molecular weight is 283 g/mol. The van der Waals surface area contributed by atoms with E-state index in [4.69, 9.17) is 5.11 Å². The maximum Gasteiger partial charge on any atom is 0.317 e. The van der Waals surface area contributed by atoms with Crippen molar-refractivity contribution in [2.45, 2.75) is 46.6 Å². The molecule has 0 unspecified atom stereocenters. The summed E-state index contributed by atoms with van der Waals surface area (Å²) >= 11 is 1.79. The lowest BCUT2D eigenvalue weighted by atomic mass is 9.95. The molecule has 1 N–H and O–H groups in total. The van der Waals surface area contributed by atoms with Crippen LogP contribution in [0.1, 0.15) is 44.4 Å². The van der Waals surface area contributed by atoms with Crippen LogP contribution in [0, 0.1) is 5.92 Å². The van der Waals surface area contributed by atoms with E-state index in [1.165, 1.54) is 9.75 Å². The van der Waals surface area contributed by atoms with E-state index in [9.17, 15) is 4.79 Å². The molecule has 1 aromatic rings. The molecule has 0 saturated heterocycles. The van der Waals surface area contributed by atoms with E-state index in [1.54, 1.807) is 11.3 Å². The lowest BCUT2D eigenvalue weighted by molar-refractivity contribution is -0.138. The molecule has 0 aliphatic heterocycles. The minimum Gasteiger partial charge on any atom is -0.480 e. The van der Waals surface area contributed by atoms with Crippen LogP contribution in [0.3, 0.4) is 0 Å². The molecule has 0 fully saturated rings. The molecular formula is C15H25NO2S. The third-order valence-corrected chi connectivity index (χ3v) is 4.26. The number of carbonyl (C=O) groups is 1. The summed E-state index contributed by atoms with van der Waals surface area (Å²) in [5.74, 6) is -0.283. The molecule has 1 heterocycles. The molecule has 0 amide bonds. The van der Waals surface area contributed by atoms with Crippen LogP contribution in [-0.2, 0) is 16.8 Å². The smallest absolute Gasteiger partial charge is 0.317 e. The summed E-state index contributed by atoms with van der Waals surface area (Å²) in [4.78, 5) is 15.5. The molecule has 0 atom stereocenters. The second-order valence-corrected chi connectivity index (χ2v) is 7.64. The number of thiophene rings is 1. The molecule has 4 heteroatoms. The van der Waals surface area contributed by atoms with Gasteiger partial charge in [-0.25, -0.2) is 0 Å². The summed E-state index contributed by atoms with van der Waals surface area (Å²) in [5.41, 5.74) is 0.165. The van der Waals surface area contributed by atoms with Gasteiger partial charge < -0.3 is 5.11 Å². The van der Waals surface area contributed by atoms with Crippen molar-refractivity contribution in [2.75, 3.05) is 13.1 Å². The summed E-state index contributed by atoms with van der Waals surface area (Å²) in [6.07, 6.45) is 0. The summed E-state index contributed by atoms with van der Waals surface area (Å²) in [6, 6.07) is 4.29. The monoisotopic (exact) mass is 283 g/mol. The zero-order chi connectivity index (χ0) is 14.6. The van der Waals surface area contributed by atoms with Crippen LogP contribution in [0.5, 0.6) is 0 Å². The molecule has 0 saturated carbocycles. The molecule has 0 aliphatic rings. The van der Waals surface area contributed by atoms with Crippen LogP contribution in [-0.4, -0.2) is 29.1 Å². The maximum atomic E-state index is 10.9. The summed E-state index contributed by atoms with van der Waals surface area (Å²) < 4.78 is 0. The van der Waals surface area contributed by atoms with Crippen molar-refractivity contribution in [3.63, 3.8) is 0 Å². The second-order valence-electron chi connectivity index (χ2n) is 6.47. The Bertz CT molecular complexity index is 418. The van der Waals surface area contributed by atoms with Gasteiger partial charge in [-0.2, -0.15) is 0 Å². The first-order valence-corrected chi connectivity index (χ1v) is 7.53. The third kappa shape index (κ3) is 5.74. The van der Waals surface area contributed by atoms with Crippen molar-refractivity contribution in [3.05, 3.63) is 21.9 Å². The minimum atomic E-state index is -0.756. The van der Waals surface area contributed by atoms with Crippen molar-refractivity contribution in [1.82, 2.24) is 4.90 Å². The predicted molar refractivity (Wildman–Crippen MR) is 80.8 cm³/mol. The quantitative estimate of drug-likeness (QED) is 0.867. The highest BCUT2D eigenvalue weighted by molar-refractivity contribution is 7.12. The van der Waals surface area contributed by atoms with Gasteiger partial charge in [0, 0.05) is 22.8 Å². The zero-order valence-corrected chi connectivity index (χ0v) is 13.4. The number of nitrogens with zero attached hydrogens (tertiary/aromatic N) is 1. The second kappa shape index (κ2) is 6.53. The topological polar surface area (TPSA) is 40.5 Å². The van der Waals surface area contributed by atoms with E-state index >= 15 is 0 Å². The Kier molecular flexibility index (Phi) is 5.56. The Labute approximate surface area is 120 Å². The summed E-state index contributed by atoms with van der Waals surface area (Å²) in [5, 5.41) is 8.97. The van der Waals surface area contributed by atoms with Crippen LogP contribution < -0.4 is 0 Å². The van der Waals surface area contributed by atoms with Crippen LogP contribution in [0.15, 0.2) is 12.1 Å². The predicted octanol–water partition coefficient (Wildman–Crippen LogP) is 3.59. The summed E-state index contributed by atoms with van der Waals surface area (Å²) in [7, 11) is 0. The van der Waals surface area contributed by atoms with Crippen LogP contribution >= 0.6 is 11.3 Å². The molecule has 3 nitrogen and oxygen atoms in total. The summed E-state index contributed by atoms with van der Waals surface area (Å²) in [6.45, 7) is 12.5.